The Labute approximate surface area is 119 Å². The zero-order valence-corrected chi connectivity index (χ0v) is 13.3. The predicted molar refractivity (Wildman–Crippen MR) is 83.8 cm³/mol. The van der Waals surface area contributed by atoms with Crippen molar-refractivity contribution in [2.75, 3.05) is 0 Å². The maximum atomic E-state index is 10.4. The van der Waals surface area contributed by atoms with Crippen LogP contribution in [0.15, 0.2) is 12.1 Å². The van der Waals surface area contributed by atoms with Gasteiger partial charge >= 0.3 is 0 Å². The molecule has 1 heteroatoms. The molecule has 0 aliphatic heterocycles. The van der Waals surface area contributed by atoms with Gasteiger partial charge in [0, 0.05) is 0 Å². The fourth-order valence-corrected chi connectivity index (χ4v) is 2.55. The van der Waals surface area contributed by atoms with Gasteiger partial charge in [-0.3, -0.25) is 0 Å². The Balaban J connectivity index is 3.06. The van der Waals surface area contributed by atoms with Crippen molar-refractivity contribution in [2.45, 2.75) is 66.7 Å². The summed E-state index contributed by atoms with van der Waals surface area (Å²) >= 11 is 0. The first-order chi connectivity index (χ1) is 8.93. The molecule has 0 aliphatic carbocycles. The second-order valence-electron chi connectivity index (χ2n) is 6.56. The largest absolute Gasteiger partial charge is 0.507 e. The van der Waals surface area contributed by atoms with E-state index in [-0.39, 0.29) is 0 Å². The van der Waals surface area contributed by atoms with Crippen LogP contribution in [-0.4, -0.2) is 5.11 Å². The summed E-state index contributed by atoms with van der Waals surface area (Å²) in [5.74, 6) is 1.71. The Morgan fingerprint density at radius 2 is 1.42 bits per heavy atom. The molecule has 108 valence electrons. The number of phenols is 1. The summed E-state index contributed by atoms with van der Waals surface area (Å²) < 4.78 is 0. The normalized spacial score (nSPS) is 11.5. The van der Waals surface area contributed by atoms with Crippen LogP contribution in [-0.2, 0) is 19.3 Å². The molecule has 0 radical (unpaired) electrons. The molecule has 1 N–H and O–H groups in total. The van der Waals surface area contributed by atoms with Crippen LogP contribution in [0.2, 0.25) is 0 Å². The average molecular weight is 262 g/mol. The molecule has 0 unspecified atom stereocenters. The minimum atomic E-state index is 0.544. The van der Waals surface area contributed by atoms with Crippen molar-refractivity contribution >= 4 is 0 Å². The molecule has 19 heavy (non-hydrogen) atoms. The van der Waals surface area contributed by atoms with Crippen molar-refractivity contribution < 1.29 is 5.11 Å². The van der Waals surface area contributed by atoms with E-state index in [2.05, 4.69) is 46.8 Å². The van der Waals surface area contributed by atoms with Gasteiger partial charge in [-0.25, -0.2) is 0 Å². The number of unbranched alkanes of at least 4 members (excludes halogenated alkanes) is 1. The first-order valence-electron chi connectivity index (χ1n) is 7.77. The summed E-state index contributed by atoms with van der Waals surface area (Å²) in [5, 5.41) is 10.4. The molecule has 0 aromatic heterocycles. The molecule has 1 nitrogen and oxygen atoms in total. The number of rotatable bonds is 7. The Hall–Kier alpha value is -0.980. The smallest absolute Gasteiger partial charge is 0.121 e. The van der Waals surface area contributed by atoms with E-state index in [1.54, 1.807) is 0 Å². The second-order valence-corrected chi connectivity index (χ2v) is 6.56. The standard InChI is InChI=1S/C18H30O/c1-6-7-8-15-11-16(9-13(2)3)18(19)17(12-15)10-14(4)5/h11-14,19H,6-10H2,1-5H3. The zero-order valence-electron chi connectivity index (χ0n) is 13.3. The van der Waals surface area contributed by atoms with Gasteiger partial charge in [0.05, 0.1) is 0 Å². The Morgan fingerprint density at radius 1 is 0.947 bits per heavy atom. The number of hydrogen-bond donors (Lipinski definition) is 1. The SMILES string of the molecule is CCCCc1cc(CC(C)C)c(O)c(CC(C)C)c1. The summed E-state index contributed by atoms with van der Waals surface area (Å²) in [6.07, 6.45) is 5.52. The zero-order chi connectivity index (χ0) is 14.4. The van der Waals surface area contributed by atoms with Crippen LogP contribution >= 0.6 is 0 Å². The van der Waals surface area contributed by atoms with E-state index in [0.717, 1.165) is 30.4 Å². The summed E-state index contributed by atoms with van der Waals surface area (Å²) in [5.41, 5.74) is 3.67. The molecule has 0 atom stereocenters. The van der Waals surface area contributed by atoms with E-state index in [0.29, 0.717) is 17.6 Å². The summed E-state index contributed by atoms with van der Waals surface area (Å²) in [6, 6.07) is 4.43. The quantitative estimate of drug-likeness (QED) is 0.722. The van der Waals surface area contributed by atoms with E-state index < -0.39 is 0 Å². The average Bonchev–Trinajstić information content (AvgIpc) is 2.30. The minimum absolute atomic E-state index is 0.544. The number of benzene rings is 1. The van der Waals surface area contributed by atoms with Gasteiger partial charge < -0.3 is 5.11 Å². The van der Waals surface area contributed by atoms with Crippen molar-refractivity contribution in [1.29, 1.82) is 0 Å². The number of hydrogen-bond acceptors (Lipinski definition) is 1. The lowest BCUT2D eigenvalue weighted by Gasteiger charge is -2.16. The van der Waals surface area contributed by atoms with E-state index in [9.17, 15) is 5.11 Å². The number of aromatic hydroxyl groups is 1. The van der Waals surface area contributed by atoms with Crippen LogP contribution < -0.4 is 0 Å². The molecule has 0 saturated carbocycles. The molecule has 0 spiro atoms. The van der Waals surface area contributed by atoms with Crippen molar-refractivity contribution in [3.63, 3.8) is 0 Å². The highest BCUT2D eigenvalue weighted by atomic mass is 16.3. The van der Waals surface area contributed by atoms with Crippen molar-refractivity contribution in [3.8, 4) is 5.75 Å². The molecule has 1 aromatic carbocycles. The fraction of sp³-hybridized carbons (Fsp3) is 0.667. The lowest BCUT2D eigenvalue weighted by Crippen LogP contribution is -2.02. The molecule has 1 rings (SSSR count). The highest BCUT2D eigenvalue weighted by Gasteiger charge is 2.12. The Bertz CT molecular complexity index is 360. The fourth-order valence-electron chi connectivity index (χ4n) is 2.55. The Kier molecular flexibility index (Phi) is 6.41. The lowest BCUT2D eigenvalue weighted by molar-refractivity contribution is 0.450. The molecule has 0 amide bonds. The lowest BCUT2D eigenvalue weighted by atomic mass is 9.92. The molecule has 0 bridgehead atoms. The Morgan fingerprint density at radius 3 is 1.79 bits per heavy atom. The molecular formula is C18H30O. The van der Waals surface area contributed by atoms with Gasteiger partial charge in [0.1, 0.15) is 5.75 Å². The third-order valence-corrected chi connectivity index (χ3v) is 3.40. The van der Waals surface area contributed by atoms with Crippen LogP contribution in [0.25, 0.3) is 0 Å². The first kappa shape index (κ1) is 16.1. The van der Waals surface area contributed by atoms with Crippen molar-refractivity contribution in [2.24, 2.45) is 11.8 Å². The van der Waals surface area contributed by atoms with Crippen LogP contribution in [0.5, 0.6) is 5.75 Å². The summed E-state index contributed by atoms with van der Waals surface area (Å²) in [7, 11) is 0. The molecule has 0 fully saturated rings. The third-order valence-electron chi connectivity index (χ3n) is 3.40. The van der Waals surface area contributed by atoms with Gasteiger partial charge in [-0.2, -0.15) is 0 Å². The van der Waals surface area contributed by atoms with Crippen LogP contribution in [0.4, 0.5) is 0 Å². The molecule has 0 saturated heterocycles. The second kappa shape index (κ2) is 7.57. The van der Waals surface area contributed by atoms with E-state index in [1.165, 1.54) is 18.4 Å². The highest BCUT2D eigenvalue weighted by Crippen LogP contribution is 2.29. The van der Waals surface area contributed by atoms with E-state index in [1.807, 2.05) is 0 Å². The van der Waals surface area contributed by atoms with Gasteiger partial charge in [-0.1, -0.05) is 53.2 Å². The summed E-state index contributed by atoms with van der Waals surface area (Å²) in [4.78, 5) is 0. The molecule has 0 aliphatic rings. The predicted octanol–water partition coefficient (Wildman–Crippen LogP) is 5.13. The van der Waals surface area contributed by atoms with Crippen LogP contribution in [0, 0.1) is 11.8 Å². The molecular weight excluding hydrogens is 232 g/mol. The number of aryl methyl sites for hydroxylation is 1. The summed E-state index contributed by atoms with van der Waals surface area (Å²) in [6.45, 7) is 11.1. The molecule has 1 aromatic rings. The van der Waals surface area contributed by atoms with E-state index >= 15 is 0 Å². The monoisotopic (exact) mass is 262 g/mol. The topological polar surface area (TPSA) is 20.2 Å². The maximum absolute atomic E-state index is 10.4. The van der Waals surface area contributed by atoms with E-state index in [4.69, 9.17) is 0 Å². The van der Waals surface area contributed by atoms with Crippen molar-refractivity contribution in [3.05, 3.63) is 28.8 Å². The van der Waals surface area contributed by atoms with Crippen molar-refractivity contribution in [1.82, 2.24) is 0 Å². The van der Waals surface area contributed by atoms with Gasteiger partial charge in [0.25, 0.3) is 0 Å². The van der Waals surface area contributed by atoms with Crippen LogP contribution in [0.1, 0.15) is 64.2 Å². The van der Waals surface area contributed by atoms with Crippen LogP contribution in [0.3, 0.4) is 0 Å². The van der Waals surface area contributed by atoms with Gasteiger partial charge in [-0.15, -0.1) is 0 Å². The maximum Gasteiger partial charge on any atom is 0.121 e. The molecule has 0 heterocycles. The minimum Gasteiger partial charge on any atom is -0.507 e. The van der Waals surface area contributed by atoms with Gasteiger partial charge in [0.2, 0.25) is 0 Å². The third kappa shape index (κ3) is 5.26. The first-order valence-corrected chi connectivity index (χ1v) is 7.77. The highest BCUT2D eigenvalue weighted by molar-refractivity contribution is 5.44. The number of phenolic OH excluding ortho intramolecular Hbond substituents is 1. The van der Waals surface area contributed by atoms with Gasteiger partial charge in [0.15, 0.2) is 0 Å². The van der Waals surface area contributed by atoms with Gasteiger partial charge in [-0.05, 0) is 54.2 Å².